The number of nitrogens with one attached hydrogen (secondary N) is 1. The lowest BCUT2D eigenvalue weighted by Crippen LogP contribution is -2.32. The average molecular weight is 219 g/mol. The van der Waals surface area contributed by atoms with Crippen molar-refractivity contribution in [2.75, 3.05) is 0 Å². The summed E-state index contributed by atoms with van der Waals surface area (Å²) in [6.45, 7) is 3.18. The quantitative estimate of drug-likeness (QED) is 0.845. The van der Waals surface area contributed by atoms with E-state index >= 15 is 0 Å². The minimum absolute atomic E-state index is 0.692. The highest BCUT2D eigenvalue weighted by Crippen LogP contribution is 2.26. The zero-order chi connectivity index (χ0) is 11.2. The normalized spacial score (nSPS) is 25.6. The molecule has 3 heteroatoms. The Balaban J connectivity index is 1.72. The van der Waals surface area contributed by atoms with Crippen molar-refractivity contribution in [1.82, 2.24) is 15.3 Å². The highest BCUT2D eigenvalue weighted by Gasteiger charge is 2.19. The number of nitrogens with zero attached hydrogens (tertiary/aromatic N) is 2. The van der Waals surface area contributed by atoms with Crippen molar-refractivity contribution in [2.45, 2.75) is 51.6 Å². The smallest absolute Gasteiger partial charge is 0.115 e. The van der Waals surface area contributed by atoms with Gasteiger partial charge in [0.15, 0.2) is 0 Å². The van der Waals surface area contributed by atoms with Crippen LogP contribution in [0.25, 0.3) is 0 Å². The Kier molecular flexibility index (Phi) is 4.28. The van der Waals surface area contributed by atoms with E-state index in [4.69, 9.17) is 0 Å². The standard InChI is InChI=1S/C13H21N3/c1-2-11-3-5-12(6-4-11)15-9-13-7-8-14-10-16-13/h7-8,10-12,15H,2-6,9H2,1H3. The second kappa shape index (κ2) is 5.94. The average Bonchev–Trinajstić information content (AvgIpc) is 2.38. The molecule has 1 aromatic heterocycles. The van der Waals surface area contributed by atoms with E-state index in [1.165, 1.54) is 32.1 Å². The van der Waals surface area contributed by atoms with Gasteiger partial charge >= 0.3 is 0 Å². The van der Waals surface area contributed by atoms with Crippen molar-refractivity contribution < 1.29 is 0 Å². The van der Waals surface area contributed by atoms with E-state index in [0.29, 0.717) is 6.04 Å². The van der Waals surface area contributed by atoms with E-state index in [2.05, 4.69) is 22.2 Å². The largest absolute Gasteiger partial charge is 0.308 e. The van der Waals surface area contributed by atoms with Gasteiger partial charge in [-0.15, -0.1) is 0 Å². The Labute approximate surface area is 97.7 Å². The third-order valence-electron chi connectivity index (χ3n) is 3.64. The lowest BCUT2D eigenvalue weighted by molar-refractivity contribution is 0.284. The van der Waals surface area contributed by atoms with Gasteiger partial charge in [-0.25, -0.2) is 9.97 Å². The maximum atomic E-state index is 4.22. The molecule has 0 spiro atoms. The molecular weight excluding hydrogens is 198 g/mol. The first-order valence-electron chi connectivity index (χ1n) is 6.36. The van der Waals surface area contributed by atoms with E-state index in [-0.39, 0.29) is 0 Å². The first kappa shape index (κ1) is 11.5. The molecule has 1 heterocycles. The number of hydrogen-bond donors (Lipinski definition) is 1. The van der Waals surface area contributed by atoms with E-state index in [1.54, 1.807) is 12.5 Å². The summed E-state index contributed by atoms with van der Waals surface area (Å²) in [7, 11) is 0. The van der Waals surface area contributed by atoms with Gasteiger partial charge in [-0.05, 0) is 37.7 Å². The topological polar surface area (TPSA) is 37.8 Å². The van der Waals surface area contributed by atoms with E-state index in [9.17, 15) is 0 Å². The third kappa shape index (κ3) is 3.27. The van der Waals surface area contributed by atoms with Gasteiger partial charge < -0.3 is 5.32 Å². The number of rotatable bonds is 4. The summed E-state index contributed by atoms with van der Waals surface area (Å²) in [5.74, 6) is 0.970. The van der Waals surface area contributed by atoms with Crippen molar-refractivity contribution >= 4 is 0 Å². The predicted octanol–water partition coefficient (Wildman–Crippen LogP) is 2.54. The molecule has 1 fully saturated rings. The SMILES string of the molecule is CCC1CCC(NCc2ccncn2)CC1. The molecule has 1 aliphatic carbocycles. The van der Waals surface area contributed by atoms with Crippen LogP contribution in [0.3, 0.4) is 0 Å². The van der Waals surface area contributed by atoms with Crippen LogP contribution >= 0.6 is 0 Å². The fourth-order valence-corrected chi connectivity index (χ4v) is 2.45. The van der Waals surface area contributed by atoms with Gasteiger partial charge in [0, 0.05) is 18.8 Å². The van der Waals surface area contributed by atoms with Crippen LogP contribution in [-0.4, -0.2) is 16.0 Å². The van der Waals surface area contributed by atoms with Crippen molar-refractivity contribution in [3.8, 4) is 0 Å². The molecule has 0 aromatic carbocycles. The first-order chi connectivity index (χ1) is 7.88. The third-order valence-corrected chi connectivity index (χ3v) is 3.64. The van der Waals surface area contributed by atoms with Crippen LogP contribution in [0.15, 0.2) is 18.6 Å². The summed E-state index contributed by atoms with van der Waals surface area (Å²) in [6, 6.07) is 2.67. The van der Waals surface area contributed by atoms with E-state index in [1.807, 2.05) is 6.07 Å². The molecule has 0 unspecified atom stereocenters. The molecule has 88 valence electrons. The lowest BCUT2D eigenvalue weighted by atomic mass is 9.84. The van der Waals surface area contributed by atoms with Crippen molar-refractivity contribution in [2.24, 2.45) is 5.92 Å². The lowest BCUT2D eigenvalue weighted by Gasteiger charge is -2.28. The van der Waals surface area contributed by atoms with Crippen molar-refractivity contribution in [3.63, 3.8) is 0 Å². The van der Waals surface area contributed by atoms with Crippen LogP contribution in [-0.2, 0) is 6.54 Å². The second-order valence-corrected chi connectivity index (χ2v) is 4.71. The molecule has 1 aromatic rings. The van der Waals surface area contributed by atoms with Gasteiger partial charge in [0.05, 0.1) is 5.69 Å². The monoisotopic (exact) mass is 219 g/mol. The summed E-state index contributed by atoms with van der Waals surface area (Å²) >= 11 is 0. The molecule has 0 radical (unpaired) electrons. The maximum absolute atomic E-state index is 4.22. The van der Waals surface area contributed by atoms with Gasteiger partial charge in [0.2, 0.25) is 0 Å². The predicted molar refractivity (Wildman–Crippen MR) is 64.9 cm³/mol. The molecule has 1 saturated carbocycles. The summed E-state index contributed by atoms with van der Waals surface area (Å²) < 4.78 is 0. The first-order valence-corrected chi connectivity index (χ1v) is 6.36. The molecule has 1 aliphatic rings. The van der Waals surface area contributed by atoms with Gasteiger partial charge in [-0.2, -0.15) is 0 Å². The summed E-state index contributed by atoms with van der Waals surface area (Å²) in [5.41, 5.74) is 1.09. The zero-order valence-electron chi connectivity index (χ0n) is 10.0. The van der Waals surface area contributed by atoms with Crippen LogP contribution in [0.1, 0.15) is 44.7 Å². The minimum Gasteiger partial charge on any atom is -0.308 e. The molecule has 0 saturated heterocycles. The highest BCUT2D eigenvalue weighted by atomic mass is 14.9. The molecule has 0 atom stereocenters. The fourth-order valence-electron chi connectivity index (χ4n) is 2.45. The molecule has 3 nitrogen and oxygen atoms in total. The summed E-state index contributed by atoms with van der Waals surface area (Å²) in [5, 5.41) is 3.59. The number of aromatic nitrogens is 2. The summed E-state index contributed by atoms with van der Waals surface area (Å²) in [6.07, 6.45) is 10.2. The van der Waals surface area contributed by atoms with Crippen LogP contribution in [0.2, 0.25) is 0 Å². The van der Waals surface area contributed by atoms with Crippen LogP contribution in [0.4, 0.5) is 0 Å². The Hall–Kier alpha value is -0.960. The van der Waals surface area contributed by atoms with Crippen LogP contribution in [0, 0.1) is 5.92 Å². The molecule has 0 aliphatic heterocycles. The van der Waals surface area contributed by atoms with Crippen molar-refractivity contribution in [1.29, 1.82) is 0 Å². The van der Waals surface area contributed by atoms with Gasteiger partial charge in [0.1, 0.15) is 6.33 Å². The van der Waals surface area contributed by atoms with Gasteiger partial charge in [-0.1, -0.05) is 13.3 Å². The molecular formula is C13H21N3. The Bertz CT molecular complexity index is 291. The second-order valence-electron chi connectivity index (χ2n) is 4.71. The minimum atomic E-state index is 0.692. The van der Waals surface area contributed by atoms with Gasteiger partial charge in [0.25, 0.3) is 0 Å². The van der Waals surface area contributed by atoms with E-state index in [0.717, 1.165) is 18.2 Å². The maximum Gasteiger partial charge on any atom is 0.115 e. The Morgan fingerprint density at radius 3 is 2.75 bits per heavy atom. The molecule has 0 amide bonds. The fraction of sp³-hybridized carbons (Fsp3) is 0.692. The van der Waals surface area contributed by atoms with Crippen LogP contribution in [0.5, 0.6) is 0 Å². The van der Waals surface area contributed by atoms with Crippen molar-refractivity contribution in [3.05, 3.63) is 24.3 Å². The zero-order valence-corrected chi connectivity index (χ0v) is 10.0. The molecule has 2 rings (SSSR count). The summed E-state index contributed by atoms with van der Waals surface area (Å²) in [4.78, 5) is 8.14. The number of hydrogen-bond acceptors (Lipinski definition) is 3. The van der Waals surface area contributed by atoms with Gasteiger partial charge in [-0.3, -0.25) is 0 Å². The molecule has 1 N–H and O–H groups in total. The molecule has 0 bridgehead atoms. The highest BCUT2D eigenvalue weighted by molar-refractivity contribution is 4.97. The molecule has 16 heavy (non-hydrogen) atoms. The Morgan fingerprint density at radius 1 is 1.31 bits per heavy atom. The van der Waals surface area contributed by atoms with E-state index < -0.39 is 0 Å². The van der Waals surface area contributed by atoms with Crippen LogP contribution < -0.4 is 5.32 Å². The Morgan fingerprint density at radius 2 is 2.12 bits per heavy atom.